The maximum Gasteiger partial charge on any atom is 0.247 e. The summed E-state index contributed by atoms with van der Waals surface area (Å²) in [5.41, 5.74) is 2.99. The number of hydrogen-bond acceptors (Lipinski definition) is 2. The molecule has 3 nitrogen and oxygen atoms in total. The van der Waals surface area contributed by atoms with E-state index in [9.17, 15) is 4.79 Å². The first-order chi connectivity index (χ1) is 7.87. The Morgan fingerprint density at radius 1 is 1.35 bits per heavy atom. The molecule has 0 spiro atoms. The van der Waals surface area contributed by atoms with Gasteiger partial charge in [-0.15, -0.1) is 23.2 Å². The molecule has 1 atom stereocenters. The van der Waals surface area contributed by atoms with E-state index in [0.29, 0.717) is 6.42 Å². The maximum absolute atomic E-state index is 12.0. The van der Waals surface area contributed by atoms with Crippen molar-refractivity contribution in [3.63, 3.8) is 0 Å². The van der Waals surface area contributed by atoms with Crippen molar-refractivity contribution in [3.8, 4) is 0 Å². The van der Waals surface area contributed by atoms with Crippen molar-refractivity contribution in [1.29, 1.82) is 0 Å². The Morgan fingerprint density at radius 3 is 2.35 bits per heavy atom. The first-order valence-corrected chi connectivity index (χ1v) is 6.10. The van der Waals surface area contributed by atoms with Gasteiger partial charge in [0, 0.05) is 7.05 Å². The largest absolute Gasteiger partial charge is 0.289 e. The molecule has 1 amide bonds. The van der Waals surface area contributed by atoms with E-state index in [1.165, 1.54) is 0 Å². The van der Waals surface area contributed by atoms with E-state index >= 15 is 0 Å². The Hall–Kier alpha value is -0.930. The molecule has 1 aromatic carbocycles. The number of halogens is 2. The number of nitrogens with zero attached hydrogens (tertiary/aromatic N) is 1. The summed E-state index contributed by atoms with van der Waals surface area (Å²) in [6.45, 7) is 1.77. The molecule has 0 saturated heterocycles. The molecule has 0 heterocycles. The highest BCUT2D eigenvalue weighted by Gasteiger charge is 2.68. The molecule has 0 radical (unpaired) electrons. The van der Waals surface area contributed by atoms with Gasteiger partial charge in [-0.05, 0) is 25.5 Å². The molecular formula is C12H14Cl2N2O. The van der Waals surface area contributed by atoms with Crippen LogP contribution in [0.3, 0.4) is 0 Å². The minimum atomic E-state index is -0.936. The van der Waals surface area contributed by atoms with E-state index in [4.69, 9.17) is 23.2 Å². The molecule has 1 N–H and O–H groups in total. The van der Waals surface area contributed by atoms with Crippen molar-refractivity contribution in [2.45, 2.75) is 17.7 Å². The van der Waals surface area contributed by atoms with Crippen molar-refractivity contribution in [3.05, 3.63) is 30.3 Å². The molecule has 1 unspecified atom stereocenters. The zero-order valence-corrected chi connectivity index (χ0v) is 11.2. The van der Waals surface area contributed by atoms with Gasteiger partial charge in [0.05, 0.1) is 11.1 Å². The highest BCUT2D eigenvalue weighted by Crippen LogP contribution is 2.63. The van der Waals surface area contributed by atoms with Crippen LogP contribution in [0.1, 0.15) is 13.3 Å². The topological polar surface area (TPSA) is 32.3 Å². The van der Waals surface area contributed by atoms with Crippen LogP contribution in [0.5, 0.6) is 0 Å². The quantitative estimate of drug-likeness (QED) is 0.678. The first-order valence-electron chi connectivity index (χ1n) is 5.34. The predicted molar refractivity (Wildman–Crippen MR) is 70.1 cm³/mol. The smallest absolute Gasteiger partial charge is 0.247 e. The second-order valence-electron chi connectivity index (χ2n) is 4.55. The number of para-hydroxylation sites is 1. The average Bonchev–Trinajstić information content (AvgIpc) is 2.81. The fourth-order valence-electron chi connectivity index (χ4n) is 1.64. The van der Waals surface area contributed by atoms with E-state index < -0.39 is 9.75 Å². The fraction of sp³-hybridized carbons (Fsp3) is 0.417. The number of carbonyl (C=O) groups excluding carboxylic acids is 1. The van der Waals surface area contributed by atoms with Gasteiger partial charge in [0.1, 0.15) is 4.33 Å². The van der Waals surface area contributed by atoms with Crippen LogP contribution in [-0.4, -0.2) is 17.3 Å². The van der Waals surface area contributed by atoms with Gasteiger partial charge in [-0.2, -0.15) is 0 Å². The highest BCUT2D eigenvalue weighted by atomic mass is 35.5. The second kappa shape index (κ2) is 4.07. The van der Waals surface area contributed by atoms with Crippen LogP contribution in [0.2, 0.25) is 0 Å². The number of amides is 1. The zero-order valence-electron chi connectivity index (χ0n) is 9.71. The summed E-state index contributed by atoms with van der Waals surface area (Å²) in [5.74, 6) is -0.158. The van der Waals surface area contributed by atoms with E-state index in [1.54, 1.807) is 19.0 Å². The number of hydrogen-bond donors (Lipinski definition) is 1. The number of carbonyl (C=O) groups is 1. The standard InChI is InChI=1S/C12H14Cl2N2O/c1-11(8-12(11,13)14)10(17)15-16(2)9-6-4-3-5-7-9/h3-7H,8H2,1-2H3,(H,15,17). The lowest BCUT2D eigenvalue weighted by Gasteiger charge is -2.23. The molecule has 1 aliphatic rings. The third-order valence-electron chi connectivity index (χ3n) is 3.17. The van der Waals surface area contributed by atoms with Crippen molar-refractivity contribution in [1.82, 2.24) is 5.43 Å². The molecule has 2 rings (SSSR count). The molecule has 1 saturated carbocycles. The summed E-state index contributed by atoms with van der Waals surface area (Å²) in [7, 11) is 1.78. The fourth-order valence-corrected chi connectivity index (χ4v) is 2.34. The maximum atomic E-state index is 12.0. The van der Waals surface area contributed by atoms with Crippen molar-refractivity contribution >= 4 is 34.8 Å². The molecule has 1 fully saturated rings. The minimum Gasteiger partial charge on any atom is -0.289 e. The predicted octanol–water partition coefficient (Wildman–Crippen LogP) is 2.74. The third-order valence-corrected chi connectivity index (χ3v) is 4.27. The lowest BCUT2D eigenvalue weighted by atomic mass is 10.1. The molecule has 0 aromatic heterocycles. The molecule has 0 aliphatic heterocycles. The Morgan fingerprint density at radius 2 is 1.88 bits per heavy atom. The van der Waals surface area contributed by atoms with E-state index in [0.717, 1.165) is 5.69 Å². The monoisotopic (exact) mass is 272 g/mol. The number of anilines is 1. The third kappa shape index (κ3) is 2.22. The molecule has 5 heteroatoms. The van der Waals surface area contributed by atoms with Gasteiger partial charge in [0.15, 0.2) is 0 Å². The van der Waals surface area contributed by atoms with Crippen LogP contribution >= 0.6 is 23.2 Å². The summed E-state index contributed by atoms with van der Waals surface area (Å²) >= 11 is 11.9. The Kier molecular flexibility index (Phi) is 3.00. The summed E-state index contributed by atoms with van der Waals surface area (Å²) in [4.78, 5) is 12.0. The Balaban J connectivity index is 2.01. The number of hydrazine groups is 1. The van der Waals surface area contributed by atoms with Crippen molar-refractivity contribution in [2.75, 3.05) is 12.1 Å². The van der Waals surface area contributed by atoms with Gasteiger partial charge in [-0.25, -0.2) is 0 Å². The van der Waals surface area contributed by atoms with Crippen LogP contribution in [0.25, 0.3) is 0 Å². The normalized spacial score (nSPS) is 25.2. The minimum absolute atomic E-state index is 0.158. The van der Waals surface area contributed by atoms with Crippen LogP contribution < -0.4 is 10.4 Å². The van der Waals surface area contributed by atoms with Gasteiger partial charge < -0.3 is 0 Å². The Bertz CT molecular complexity index is 435. The van der Waals surface area contributed by atoms with E-state index in [1.807, 2.05) is 30.3 Å². The SMILES string of the molecule is CN(NC(=O)C1(C)CC1(Cl)Cl)c1ccccc1. The van der Waals surface area contributed by atoms with Gasteiger partial charge in [-0.1, -0.05) is 18.2 Å². The van der Waals surface area contributed by atoms with Crippen molar-refractivity contribution in [2.24, 2.45) is 5.41 Å². The Labute approximate surface area is 111 Å². The molecule has 17 heavy (non-hydrogen) atoms. The molecule has 1 aromatic rings. The lowest BCUT2D eigenvalue weighted by molar-refractivity contribution is -0.125. The van der Waals surface area contributed by atoms with Crippen molar-refractivity contribution < 1.29 is 4.79 Å². The summed E-state index contributed by atoms with van der Waals surface area (Å²) in [5, 5.41) is 1.66. The zero-order chi connectivity index (χ0) is 12.7. The van der Waals surface area contributed by atoms with Gasteiger partial charge in [-0.3, -0.25) is 15.2 Å². The van der Waals surface area contributed by atoms with Crippen LogP contribution in [0.4, 0.5) is 5.69 Å². The second-order valence-corrected chi connectivity index (χ2v) is 6.03. The average molecular weight is 273 g/mol. The molecule has 1 aliphatic carbocycles. The van der Waals surface area contributed by atoms with Gasteiger partial charge in [0.2, 0.25) is 5.91 Å². The number of alkyl halides is 2. The molecular weight excluding hydrogens is 259 g/mol. The molecule has 0 bridgehead atoms. The van der Waals surface area contributed by atoms with Crippen LogP contribution in [0.15, 0.2) is 30.3 Å². The van der Waals surface area contributed by atoms with Crippen LogP contribution in [0, 0.1) is 5.41 Å². The van der Waals surface area contributed by atoms with Crippen LogP contribution in [-0.2, 0) is 4.79 Å². The highest BCUT2D eigenvalue weighted by molar-refractivity contribution is 6.53. The lowest BCUT2D eigenvalue weighted by Crippen LogP contribution is -2.44. The number of benzene rings is 1. The van der Waals surface area contributed by atoms with E-state index in [-0.39, 0.29) is 5.91 Å². The summed E-state index contributed by atoms with van der Waals surface area (Å²) in [6, 6.07) is 9.55. The number of rotatable bonds is 3. The van der Waals surface area contributed by atoms with E-state index in [2.05, 4.69) is 5.43 Å². The molecule has 92 valence electrons. The summed E-state index contributed by atoms with van der Waals surface area (Å²) < 4.78 is -0.936. The first kappa shape index (κ1) is 12.5. The van der Waals surface area contributed by atoms with Gasteiger partial charge >= 0.3 is 0 Å². The van der Waals surface area contributed by atoms with Gasteiger partial charge in [0.25, 0.3) is 0 Å². The summed E-state index contributed by atoms with van der Waals surface area (Å²) in [6.07, 6.45) is 0.484. The number of nitrogens with one attached hydrogen (secondary N) is 1.